The minimum absolute atomic E-state index is 0.413. The van der Waals surface area contributed by atoms with E-state index < -0.39 is 50.8 Å². The number of nitrogens with zero attached hydrogens (tertiary/aromatic N) is 1. The first-order chi connectivity index (χ1) is 10.6. The van der Waals surface area contributed by atoms with E-state index in [2.05, 4.69) is 0 Å². The number of rotatable bonds is 3. The van der Waals surface area contributed by atoms with Gasteiger partial charge in [0, 0.05) is 6.07 Å². The van der Waals surface area contributed by atoms with Crippen LogP contribution < -0.4 is 0 Å². The Morgan fingerprint density at radius 2 is 1.78 bits per heavy atom. The van der Waals surface area contributed by atoms with Crippen LogP contribution in [0.15, 0.2) is 36.4 Å². The zero-order valence-corrected chi connectivity index (χ0v) is 11.1. The van der Waals surface area contributed by atoms with E-state index in [1.807, 2.05) is 0 Å². The minimum Gasteiger partial charge on any atom is -0.478 e. The lowest BCUT2D eigenvalue weighted by atomic mass is 9.96. The average Bonchev–Trinajstić information content (AvgIpc) is 2.46. The van der Waals surface area contributed by atoms with Gasteiger partial charge in [-0.25, -0.2) is 4.79 Å². The van der Waals surface area contributed by atoms with E-state index in [9.17, 15) is 32.5 Å². The molecule has 2 aromatic rings. The number of carboxylic acids is 1. The van der Waals surface area contributed by atoms with Gasteiger partial charge in [-0.1, -0.05) is 18.2 Å². The first-order valence-corrected chi connectivity index (χ1v) is 6.00. The van der Waals surface area contributed by atoms with Crippen LogP contribution >= 0.6 is 0 Å². The third kappa shape index (κ3) is 3.12. The predicted octanol–water partition coefficient (Wildman–Crippen LogP) is 4.12. The van der Waals surface area contributed by atoms with Gasteiger partial charge in [0.05, 0.1) is 10.5 Å². The quantitative estimate of drug-likeness (QED) is 0.522. The number of aromatic carboxylic acids is 1. The molecule has 2 aromatic carbocycles. The fraction of sp³-hybridized carbons (Fsp3) is 0.0714. The fourth-order valence-corrected chi connectivity index (χ4v) is 2.04. The van der Waals surface area contributed by atoms with E-state index in [1.165, 1.54) is 6.07 Å². The van der Waals surface area contributed by atoms with Crippen molar-refractivity contribution in [2.45, 2.75) is 6.18 Å². The van der Waals surface area contributed by atoms with Crippen molar-refractivity contribution in [3.63, 3.8) is 0 Å². The maximum absolute atomic E-state index is 13.8. The predicted molar refractivity (Wildman–Crippen MR) is 70.5 cm³/mol. The van der Waals surface area contributed by atoms with Crippen molar-refractivity contribution < 1.29 is 32.4 Å². The molecular formula is C14H7F4NO4. The van der Waals surface area contributed by atoms with E-state index in [4.69, 9.17) is 5.11 Å². The van der Waals surface area contributed by atoms with Crippen molar-refractivity contribution in [2.24, 2.45) is 0 Å². The summed E-state index contributed by atoms with van der Waals surface area (Å²) in [7, 11) is 0. The Kier molecular flexibility index (Phi) is 4.04. The van der Waals surface area contributed by atoms with Gasteiger partial charge >= 0.3 is 17.8 Å². The van der Waals surface area contributed by atoms with Gasteiger partial charge in [0.15, 0.2) is 0 Å². The summed E-state index contributed by atoms with van der Waals surface area (Å²) >= 11 is 0. The summed E-state index contributed by atoms with van der Waals surface area (Å²) in [5, 5.41) is 19.7. The zero-order chi connectivity index (χ0) is 17.4. The van der Waals surface area contributed by atoms with Crippen LogP contribution in [0.5, 0.6) is 0 Å². The third-order valence-corrected chi connectivity index (χ3v) is 3.02. The Balaban J connectivity index is 2.80. The molecule has 0 radical (unpaired) electrons. The molecule has 0 amide bonds. The second-order valence-electron chi connectivity index (χ2n) is 4.46. The Labute approximate surface area is 125 Å². The number of nitro groups is 1. The number of carbonyl (C=O) groups is 1. The van der Waals surface area contributed by atoms with Crippen LogP contribution in [0, 0.1) is 15.9 Å². The molecule has 0 aromatic heterocycles. The standard InChI is InChI=1S/C14H7F4NO4/c15-12-9(13(20)21)5-7(6-11(12)19(22)23)8-3-1-2-4-10(8)14(16,17)18/h1-6H,(H,20,21). The second-order valence-corrected chi connectivity index (χ2v) is 4.46. The van der Waals surface area contributed by atoms with Crippen molar-refractivity contribution in [2.75, 3.05) is 0 Å². The summed E-state index contributed by atoms with van der Waals surface area (Å²) in [4.78, 5) is 20.6. The highest BCUT2D eigenvalue weighted by atomic mass is 19.4. The Bertz CT molecular complexity index is 767. The summed E-state index contributed by atoms with van der Waals surface area (Å²) in [5.41, 5.74) is -4.30. The summed E-state index contributed by atoms with van der Waals surface area (Å²) in [6, 6.07) is 5.33. The summed E-state index contributed by atoms with van der Waals surface area (Å²) in [6.07, 6.45) is -4.76. The zero-order valence-electron chi connectivity index (χ0n) is 11.1. The average molecular weight is 329 g/mol. The topological polar surface area (TPSA) is 80.4 Å². The molecule has 0 fully saturated rings. The van der Waals surface area contributed by atoms with Gasteiger partial charge < -0.3 is 5.11 Å². The van der Waals surface area contributed by atoms with Crippen LogP contribution in [0.25, 0.3) is 11.1 Å². The molecule has 0 heterocycles. The first-order valence-electron chi connectivity index (χ1n) is 6.00. The summed E-state index contributed by atoms with van der Waals surface area (Å²) in [5.74, 6) is -3.44. The fourth-order valence-electron chi connectivity index (χ4n) is 2.04. The third-order valence-electron chi connectivity index (χ3n) is 3.02. The van der Waals surface area contributed by atoms with Crippen LogP contribution in [-0.2, 0) is 6.18 Å². The van der Waals surface area contributed by atoms with Crippen LogP contribution in [0.1, 0.15) is 15.9 Å². The van der Waals surface area contributed by atoms with Crippen molar-refractivity contribution >= 4 is 11.7 Å². The Hall–Kier alpha value is -2.97. The number of alkyl halides is 3. The number of benzene rings is 2. The lowest BCUT2D eigenvalue weighted by molar-refractivity contribution is -0.387. The molecule has 0 unspecified atom stereocenters. The molecule has 0 aliphatic rings. The Morgan fingerprint density at radius 1 is 1.17 bits per heavy atom. The highest BCUT2D eigenvalue weighted by Gasteiger charge is 2.34. The number of halogens is 4. The van der Waals surface area contributed by atoms with Crippen LogP contribution in [0.2, 0.25) is 0 Å². The smallest absolute Gasteiger partial charge is 0.417 e. The van der Waals surface area contributed by atoms with Crippen LogP contribution in [0.4, 0.5) is 23.2 Å². The van der Waals surface area contributed by atoms with Gasteiger partial charge in [-0.05, 0) is 23.3 Å². The lowest BCUT2D eigenvalue weighted by Gasteiger charge is -2.13. The second kappa shape index (κ2) is 5.67. The first kappa shape index (κ1) is 16.4. The molecule has 0 spiro atoms. The van der Waals surface area contributed by atoms with Gasteiger partial charge in [-0.3, -0.25) is 10.1 Å². The van der Waals surface area contributed by atoms with Crippen LogP contribution in [0.3, 0.4) is 0 Å². The van der Waals surface area contributed by atoms with E-state index in [1.54, 1.807) is 0 Å². The van der Waals surface area contributed by atoms with Gasteiger partial charge in [0.25, 0.3) is 0 Å². The molecule has 0 aliphatic carbocycles. The van der Waals surface area contributed by atoms with Crippen molar-refractivity contribution in [3.8, 4) is 11.1 Å². The highest BCUT2D eigenvalue weighted by Crippen LogP contribution is 2.38. The number of hydrogen-bond acceptors (Lipinski definition) is 3. The summed E-state index contributed by atoms with van der Waals surface area (Å²) in [6.45, 7) is 0. The monoisotopic (exact) mass is 329 g/mol. The van der Waals surface area contributed by atoms with E-state index in [0.29, 0.717) is 12.1 Å². The van der Waals surface area contributed by atoms with Gasteiger partial charge in [0.1, 0.15) is 5.56 Å². The van der Waals surface area contributed by atoms with E-state index >= 15 is 0 Å². The molecule has 0 atom stereocenters. The molecule has 2 rings (SSSR count). The van der Waals surface area contributed by atoms with E-state index in [0.717, 1.165) is 18.2 Å². The van der Waals surface area contributed by atoms with Crippen molar-refractivity contribution in [1.82, 2.24) is 0 Å². The molecule has 1 N–H and O–H groups in total. The highest BCUT2D eigenvalue weighted by molar-refractivity contribution is 5.91. The molecule has 9 heteroatoms. The molecule has 0 bridgehead atoms. The largest absolute Gasteiger partial charge is 0.478 e. The maximum atomic E-state index is 13.8. The SMILES string of the molecule is O=C(O)c1cc(-c2ccccc2C(F)(F)F)cc([N+](=O)[O-])c1F. The maximum Gasteiger partial charge on any atom is 0.417 e. The Morgan fingerprint density at radius 3 is 2.30 bits per heavy atom. The molecular weight excluding hydrogens is 322 g/mol. The van der Waals surface area contributed by atoms with Gasteiger partial charge in [-0.2, -0.15) is 17.6 Å². The number of nitro benzene ring substituents is 1. The van der Waals surface area contributed by atoms with Crippen LogP contribution in [-0.4, -0.2) is 16.0 Å². The van der Waals surface area contributed by atoms with Gasteiger partial charge in [0.2, 0.25) is 5.82 Å². The number of carboxylic acid groups (broad SMARTS) is 1. The number of hydrogen-bond donors (Lipinski definition) is 1. The minimum atomic E-state index is -4.76. The molecule has 120 valence electrons. The molecule has 23 heavy (non-hydrogen) atoms. The lowest BCUT2D eigenvalue weighted by Crippen LogP contribution is -2.08. The van der Waals surface area contributed by atoms with Crippen molar-refractivity contribution in [1.29, 1.82) is 0 Å². The van der Waals surface area contributed by atoms with Gasteiger partial charge in [-0.15, -0.1) is 0 Å². The molecule has 5 nitrogen and oxygen atoms in total. The van der Waals surface area contributed by atoms with Crippen molar-refractivity contribution in [3.05, 3.63) is 63.5 Å². The molecule has 0 saturated carbocycles. The summed E-state index contributed by atoms with van der Waals surface area (Å²) < 4.78 is 52.8. The molecule has 0 saturated heterocycles. The van der Waals surface area contributed by atoms with E-state index in [-0.39, 0.29) is 0 Å². The normalized spacial score (nSPS) is 11.3. The molecule has 0 aliphatic heterocycles.